The summed E-state index contributed by atoms with van der Waals surface area (Å²) >= 11 is 0. The maximum absolute atomic E-state index is 13.5. The zero-order valence-electron chi connectivity index (χ0n) is 16.0. The number of carbonyl (C=O) groups is 2. The van der Waals surface area contributed by atoms with Gasteiger partial charge in [0.15, 0.2) is 4.91 Å². The van der Waals surface area contributed by atoms with Crippen LogP contribution in [0.25, 0.3) is 0 Å². The Morgan fingerprint density at radius 2 is 1.18 bits per heavy atom. The molecular weight excluding hydrogens is 376 g/mol. The molecule has 6 nitrogen and oxygen atoms in total. The van der Waals surface area contributed by atoms with Crippen LogP contribution in [0.4, 0.5) is 0 Å². The van der Waals surface area contributed by atoms with E-state index in [9.17, 15) is 18.0 Å². The van der Waals surface area contributed by atoms with Crippen LogP contribution in [0.3, 0.4) is 0 Å². The van der Waals surface area contributed by atoms with Crippen LogP contribution >= 0.6 is 0 Å². The van der Waals surface area contributed by atoms with Gasteiger partial charge in [0.05, 0.1) is 0 Å². The van der Waals surface area contributed by atoms with Gasteiger partial charge in [0, 0.05) is 37.3 Å². The fourth-order valence-electron chi connectivity index (χ4n) is 4.39. The van der Waals surface area contributed by atoms with Crippen molar-refractivity contribution in [3.63, 3.8) is 0 Å². The summed E-state index contributed by atoms with van der Waals surface area (Å²) < 4.78 is 28.4. The molecule has 0 amide bonds. The largest absolute Gasteiger partial charge is 0.367 e. The first kappa shape index (κ1) is 19.3. The van der Waals surface area contributed by atoms with Gasteiger partial charge in [-0.2, -0.15) is 4.31 Å². The Morgan fingerprint density at radius 3 is 1.79 bits per heavy atom. The summed E-state index contributed by atoms with van der Waals surface area (Å²) in [7, 11) is -4.02. The lowest BCUT2D eigenvalue weighted by Crippen LogP contribution is -2.43. The Balaban J connectivity index is 1.88. The first-order chi connectivity index (χ1) is 13.5. The molecule has 4 rings (SSSR count). The van der Waals surface area contributed by atoms with E-state index in [4.69, 9.17) is 0 Å². The van der Waals surface area contributed by atoms with Crippen LogP contribution in [0.2, 0.25) is 0 Å². The van der Waals surface area contributed by atoms with Crippen LogP contribution in [0.5, 0.6) is 0 Å². The summed E-state index contributed by atoms with van der Waals surface area (Å²) in [6.07, 6.45) is 6.44. The van der Waals surface area contributed by atoms with Gasteiger partial charge in [-0.3, -0.25) is 9.59 Å². The molecule has 0 saturated carbocycles. The molecule has 0 unspecified atom stereocenters. The fraction of sp³-hybridized carbons (Fsp3) is 0.524. The molecule has 0 spiro atoms. The number of benzene rings is 1. The van der Waals surface area contributed by atoms with Gasteiger partial charge < -0.3 is 4.90 Å². The fourth-order valence-corrected chi connectivity index (χ4v) is 6.20. The van der Waals surface area contributed by atoms with E-state index in [1.807, 2.05) is 4.90 Å². The normalized spacial score (nSPS) is 22.2. The molecule has 2 heterocycles. The van der Waals surface area contributed by atoms with Crippen LogP contribution in [0.1, 0.15) is 65.7 Å². The molecule has 7 heteroatoms. The number of nitrogens with zero attached hydrogens (tertiary/aromatic N) is 2. The second-order valence-corrected chi connectivity index (χ2v) is 9.62. The van der Waals surface area contributed by atoms with Gasteiger partial charge in [0.2, 0.25) is 21.6 Å². The lowest BCUT2D eigenvalue weighted by molar-refractivity contribution is 0.0946. The van der Waals surface area contributed by atoms with Gasteiger partial charge in [0.25, 0.3) is 0 Å². The highest BCUT2D eigenvalue weighted by Gasteiger charge is 2.43. The maximum atomic E-state index is 13.5. The number of piperidine rings is 1. The molecule has 0 aromatic heterocycles. The predicted octanol–water partition coefficient (Wildman–Crippen LogP) is 2.97. The first-order valence-electron chi connectivity index (χ1n) is 10.2. The van der Waals surface area contributed by atoms with E-state index in [1.165, 1.54) is 4.31 Å². The van der Waals surface area contributed by atoms with Crippen molar-refractivity contribution in [1.82, 2.24) is 9.21 Å². The minimum atomic E-state index is -4.02. The van der Waals surface area contributed by atoms with Crippen molar-refractivity contribution in [2.24, 2.45) is 0 Å². The molecule has 28 heavy (non-hydrogen) atoms. The van der Waals surface area contributed by atoms with Gasteiger partial charge in [0.1, 0.15) is 5.70 Å². The van der Waals surface area contributed by atoms with Crippen LogP contribution < -0.4 is 0 Å². The Morgan fingerprint density at radius 1 is 0.679 bits per heavy atom. The molecule has 2 fully saturated rings. The van der Waals surface area contributed by atoms with E-state index in [0.717, 1.165) is 44.9 Å². The van der Waals surface area contributed by atoms with Gasteiger partial charge in [-0.15, -0.1) is 0 Å². The Hall–Kier alpha value is -1.99. The molecule has 2 aliphatic heterocycles. The number of allylic oxidation sites excluding steroid dienone is 2. The van der Waals surface area contributed by atoms with Crippen LogP contribution in [-0.4, -0.2) is 55.4 Å². The van der Waals surface area contributed by atoms with E-state index in [2.05, 4.69) is 0 Å². The summed E-state index contributed by atoms with van der Waals surface area (Å²) in [6.45, 7) is 2.02. The maximum Gasteiger partial charge on any atom is 0.249 e. The average Bonchev–Trinajstić information content (AvgIpc) is 3.00. The van der Waals surface area contributed by atoms with Crippen molar-refractivity contribution < 1.29 is 18.0 Å². The average molecular weight is 403 g/mol. The number of likely N-dealkylation sites (tertiary alicyclic amines) is 1. The van der Waals surface area contributed by atoms with Crippen LogP contribution in [-0.2, 0) is 10.0 Å². The van der Waals surface area contributed by atoms with E-state index < -0.39 is 15.8 Å². The lowest BCUT2D eigenvalue weighted by atomic mass is 9.91. The molecular formula is C21H26N2O4S. The summed E-state index contributed by atoms with van der Waals surface area (Å²) in [5.41, 5.74) is 0.599. The van der Waals surface area contributed by atoms with Gasteiger partial charge >= 0.3 is 0 Å². The third-order valence-electron chi connectivity index (χ3n) is 5.89. The third kappa shape index (κ3) is 3.31. The number of Topliss-reactive ketones (excluding diaryl/α,β-unsaturated/α-hetero) is 2. The monoisotopic (exact) mass is 402 g/mol. The van der Waals surface area contributed by atoms with Crippen molar-refractivity contribution in [1.29, 1.82) is 0 Å². The second-order valence-electron chi connectivity index (χ2n) is 7.75. The van der Waals surface area contributed by atoms with E-state index in [-0.39, 0.29) is 21.9 Å². The minimum absolute atomic E-state index is 0.0937. The Kier molecular flexibility index (Phi) is 5.38. The molecule has 3 aliphatic rings. The number of fused-ring (bicyclic) bond motifs is 1. The second kappa shape index (κ2) is 7.79. The van der Waals surface area contributed by atoms with Crippen LogP contribution in [0.15, 0.2) is 34.9 Å². The Labute approximate surface area is 166 Å². The third-order valence-corrected chi connectivity index (χ3v) is 7.83. The molecule has 1 aliphatic carbocycles. The highest BCUT2D eigenvalue weighted by atomic mass is 32.2. The number of hydrogen-bond donors (Lipinski definition) is 0. The molecule has 0 radical (unpaired) electrons. The number of ketones is 2. The van der Waals surface area contributed by atoms with Crippen LogP contribution in [0, 0.1) is 0 Å². The van der Waals surface area contributed by atoms with Crippen molar-refractivity contribution in [2.75, 3.05) is 26.2 Å². The highest BCUT2D eigenvalue weighted by Crippen LogP contribution is 2.34. The molecule has 1 aromatic rings. The number of hydrogen-bond acceptors (Lipinski definition) is 5. The van der Waals surface area contributed by atoms with Crippen molar-refractivity contribution >= 4 is 21.6 Å². The topological polar surface area (TPSA) is 74.8 Å². The quantitative estimate of drug-likeness (QED) is 0.777. The highest BCUT2D eigenvalue weighted by molar-refractivity contribution is 7.94. The zero-order valence-corrected chi connectivity index (χ0v) is 16.8. The van der Waals surface area contributed by atoms with E-state index >= 15 is 0 Å². The Bertz CT molecular complexity index is 921. The molecule has 0 atom stereocenters. The zero-order chi connectivity index (χ0) is 19.7. The van der Waals surface area contributed by atoms with Gasteiger partial charge in [-0.25, -0.2) is 8.42 Å². The van der Waals surface area contributed by atoms with Crippen molar-refractivity contribution in [3.05, 3.63) is 46.0 Å². The smallest absolute Gasteiger partial charge is 0.249 e. The molecule has 0 bridgehead atoms. The standard InChI is InChI=1S/C21H26N2O4S/c24-19-16-10-4-5-11-17(16)20(25)21(18(19)22-12-6-1-2-7-13-22)28(26,27)23-14-8-3-9-15-23/h4-5,10-11H,1-3,6-9,12-15H2. The van der Waals surface area contributed by atoms with Crippen molar-refractivity contribution in [3.8, 4) is 0 Å². The minimum Gasteiger partial charge on any atom is -0.367 e. The van der Waals surface area contributed by atoms with E-state index in [1.54, 1.807) is 24.3 Å². The summed E-state index contributed by atoms with van der Waals surface area (Å²) in [4.78, 5) is 28.3. The molecule has 1 aromatic carbocycles. The molecule has 150 valence electrons. The van der Waals surface area contributed by atoms with Gasteiger partial charge in [-0.05, 0) is 25.7 Å². The number of sulfonamides is 1. The number of carbonyl (C=O) groups excluding carboxylic acids is 2. The SMILES string of the molecule is O=C1C(N2CCCCCC2)=C(S(=O)(=O)N2CCCCC2)C(=O)c2ccccc21. The lowest BCUT2D eigenvalue weighted by Gasteiger charge is -2.33. The molecule has 0 N–H and O–H groups in total. The number of rotatable bonds is 3. The first-order valence-corrected chi connectivity index (χ1v) is 11.6. The van der Waals surface area contributed by atoms with E-state index in [0.29, 0.717) is 31.7 Å². The predicted molar refractivity (Wildman–Crippen MR) is 107 cm³/mol. The molecule has 2 saturated heterocycles. The van der Waals surface area contributed by atoms with Gasteiger partial charge in [-0.1, -0.05) is 43.5 Å². The summed E-state index contributed by atoms with van der Waals surface area (Å²) in [5, 5.41) is 0. The van der Waals surface area contributed by atoms with Crippen molar-refractivity contribution in [2.45, 2.75) is 44.9 Å². The summed E-state index contributed by atoms with van der Waals surface area (Å²) in [6, 6.07) is 6.57. The summed E-state index contributed by atoms with van der Waals surface area (Å²) in [5.74, 6) is -0.882.